The van der Waals surface area contributed by atoms with Crippen LogP contribution in [-0.2, 0) is 65.4 Å². The Morgan fingerprint density at radius 3 is 0.654 bits per heavy atom. The highest BCUT2D eigenvalue weighted by molar-refractivity contribution is 7.47. The predicted molar refractivity (Wildman–Crippen MR) is 428 cm³/mol. The molecule has 0 aromatic rings. The summed E-state index contributed by atoms with van der Waals surface area (Å²) < 4.78 is 68.8. The molecule has 2 unspecified atom stereocenters. The van der Waals surface area contributed by atoms with Gasteiger partial charge in [-0.25, -0.2) is 9.13 Å². The number of phosphoric acid groups is 2. The van der Waals surface area contributed by atoms with Crippen LogP contribution < -0.4 is 0 Å². The molecule has 3 N–H and O–H groups in total. The summed E-state index contributed by atoms with van der Waals surface area (Å²) in [6.45, 7) is 9.55. The summed E-state index contributed by atoms with van der Waals surface area (Å²) in [6.07, 6.45) is 68.5. The maximum Gasteiger partial charge on any atom is 0.472 e. The summed E-state index contributed by atoms with van der Waals surface area (Å²) in [7, 11) is -9.92. The number of hydrogen-bond donors (Lipinski definition) is 3. The number of carbonyl (C=O) groups excluding carboxylic acids is 4. The quantitative estimate of drug-likeness (QED) is 0.0222. The van der Waals surface area contributed by atoms with Gasteiger partial charge in [-0.15, -0.1) is 0 Å². The van der Waals surface area contributed by atoms with Gasteiger partial charge in [-0.2, -0.15) is 0 Å². The van der Waals surface area contributed by atoms with E-state index in [1.165, 1.54) is 263 Å². The fourth-order valence-corrected chi connectivity index (χ4v) is 14.8. The Morgan fingerprint density at radius 1 is 0.260 bits per heavy atom. The molecule has 0 aromatic heterocycles. The minimum atomic E-state index is -4.96. The molecule has 5 atom stereocenters. The maximum absolute atomic E-state index is 13.1. The number of aliphatic hydroxyl groups excluding tert-OH is 1. The van der Waals surface area contributed by atoms with Crippen LogP contribution in [-0.4, -0.2) is 96.7 Å². The zero-order valence-corrected chi connectivity index (χ0v) is 70.1. The van der Waals surface area contributed by atoms with E-state index in [-0.39, 0.29) is 25.7 Å². The van der Waals surface area contributed by atoms with Crippen LogP contribution in [0, 0.1) is 11.8 Å². The van der Waals surface area contributed by atoms with Gasteiger partial charge in [-0.05, 0) is 37.5 Å². The minimum absolute atomic E-state index is 0.105. The Labute approximate surface area is 638 Å². The number of carbonyl (C=O) groups is 4. The minimum Gasteiger partial charge on any atom is -0.462 e. The van der Waals surface area contributed by atoms with Crippen molar-refractivity contribution in [1.29, 1.82) is 0 Å². The summed E-state index contributed by atoms with van der Waals surface area (Å²) in [5.41, 5.74) is 0. The molecule has 0 saturated carbocycles. The number of phosphoric ester groups is 2. The molecule has 19 heteroatoms. The highest BCUT2D eigenvalue weighted by Crippen LogP contribution is 2.45. The van der Waals surface area contributed by atoms with Crippen molar-refractivity contribution in [1.82, 2.24) is 0 Å². The topological polar surface area (TPSA) is 237 Å². The lowest BCUT2D eigenvalue weighted by Crippen LogP contribution is -2.30. The average Bonchev–Trinajstić information content (AvgIpc) is 0.903. The zero-order chi connectivity index (χ0) is 76.4. The molecule has 0 bridgehead atoms. The molecule has 104 heavy (non-hydrogen) atoms. The first-order chi connectivity index (χ1) is 50.4. The fraction of sp³-hybridized carbons (Fsp3) is 0.953. The smallest absolute Gasteiger partial charge is 0.462 e. The molecule has 0 aliphatic rings. The maximum atomic E-state index is 13.1. The van der Waals surface area contributed by atoms with Crippen LogP contribution in [0.5, 0.6) is 0 Å². The van der Waals surface area contributed by atoms with Crippen molar-refractivity contribution in [2.45, 2.75) is 471 Å². The summed E-state index contributed by atoms with van der Waals surface area (Å²) in [4.78, 5) is 73.1. The van der Waals surface area contributed by atoms with Crippen molar-refractivity contribution in [2.24, 2.45) is 11.8 Å². The second-order valence-corrected chi connectivity index (χ2v) is 34.4. The largest absolute Gasteiger partial charge is 0.472 e. The summed E-state index contributed by atoms with van der Waals surface area (Å²) in [6, 6.07) is 0. The molecular weight excluding hydrogens is 1350 g/mol. The van der Waals surface area contributed by atoms with Crippen LogP contribution in [0.25, 0.3) is 0 Å². The van der Waals surface area contributed by atoms with Gasteiger partial charge >= 0.3 is 39.5 Å². The van der Waals surface area contributed by atoms with Gasteiger partial charge in [-0.1, -0.05) is 401 Å². The van der Waals surface area contributed by atoms with E-state index in [0.717, 1.165) is 102 Å². The molecule has 0 aliphatic heterocycles. The molecule has 618 valence electrons. The lowest BCUT2D eigenvalue weighted by Gasteiger charge is -2.21. The number of aliphatic hydroxyl groups is 1. The van der Waals surface area contributed by atoms with E-state index < -0.39 is 97.5 Å². The molecule has 0 amide bonds. The third-order valence-electron chi connectivity index (χ3n) is 20.0. The SMILES string of the molecule is CCCCCCCCCCCCCCCCCCCCCCCC(=O)OC[C@H](COP(=O)(O)OC[C@@H](O)COP(=O)(O)OC[C@@H](COC(=O)CCCCCCCCC(C)C)OC(=O)CCCCCCCCCCCCC(C)C)OC(=O)CCCCCCCCCCCCCCCCCCCCCCC. The van der Waals surface area contributed by atoms with Gasteiger partial charge in [0.05, 0.1) is 26.4 Å². The van der Waals surface area contributed by atoms with Crippen molar-refractivity contribution in [3.63, 3.8) is 0 Å². The molecule has 17 nitrogen and oxygen atoms in total. The van der Waals surface area contributed by atoms with Gasteiger partial charge in [0.1, 0.15) is 19.3 Å². The first-order valence-electron chi connectivity index (χ1n) is 44.0. The molecular formula is C85H166O17P2. The summed E-state index contributed by atoms with van der Waals surface area (Å²) in [5.74, 6) is -0.678. The molecule has 0 rings (SSSR count). The lowest BCUT2D eigenvalue weighted by molar-refractivity contribution is -0.161. The van der Waals surface area contributed by atoms with E-state index in [4.69, 9.17) is 37.0 Å². The van der Waals surface area contributed by atoms with E-state index in [1.807, 2.05) is 0 Å². The van der Waals surface area contributed by atoms with Crippen molar-refractivity contribution >= 4 is 39.5 Å². The number of hydrogen-bond acceptors (Lipinski definition) is 15. The second-order valence-electron chi connectivity index (χ2n) is 31.5. The monoisotopic (exact) mass is 1520 g/mol. The van der Waals surface area contributed by atoms with Crippen LogP contribution >= 0.6 is 15.6 Å². The first-order valence-corrected chi connectivity index (χ1v) is 47.0. The van der Waals surface area contributed by atoms with Gasteiger partial charge in [0.2, 0.25) is 0 Å². The predicted octanol–water partition coefficient (Wildman–Crippen LogP) is 25.8. The van der Waals surface area contributed by atoms with Gasteiger partial charge in [-0.3, -0.25) is 37.3 Å². The second kappa shape index (κ2) is 76.4. The van der Waals surface area contributed by atoms with Crippen molar-refractivity contribution in [3.8, 4) is 0 Å². The van der Waals surface area contributed by atoms with E-state index in [9.17, 15) is 43.2 Å². The Hall–Kier alpha value is -1.94. The molecule has 0 saturated heterocycles. The number of esters is 4. The van der Waals surface area contributed by atoms with Gasteiger partial charge in [0.25, 0.3) is 0 Å². The summed E-state index contributed by atoms with van der Waals surface area (Å²) >= 11 is 0. The standard InChI is InChI=1S/C85H166O17P2/c1-7-9-11-13-15-17-19-21-23-25-27-29-31-33-35-37-39-44-48-55-61-67-82(87)95-73-80(101-84(89)69-63-57-49-45-40-38-36-34-32-30-28-26-24-22-20-18-16-14-12-10-8-2)75-99-103(91,92)97-71-79(86)72-98-104(93,94)100-76-81(74-96-83(88)68-62-56-52-51-54-60-66-78(5)6)102-85(90)70-64-58-50-46-42-41-43-47-53-59-65-77(3)4/h77-81,86H,7-76H2,1-6H3,(H,91,92)(H,93,94)/t79-,80-,81-/m1/s1. The third kappa shape index (κ3) is 78.2. The lowest BCUT2D eigenvalue weighted by atomic mass is 10.0. The van der Waals surface area contributed by atoms with Crippen LogP contribution in [0.2, 0.25) is 0 Å². The highest BCUT2D eigenvalue weighted by Gasteiger charge is 2.30. The first kappa shape index (κ1) is 102. The Morgan fingerprint density at radius 2 is 0.442 bits per heavy atom. The fourth-order valence-electron chi connectivity index (χ4n) is 13.2. The molecule has 0 aromatic carbocycles. The normalized spacial score (nSPS) is 13.8. The molecule has 0 radical (unpaired) electrons. The Kier molecular flexibility index (Phi) is 75.0. The third-order valence-corrected chi connectivity index (χ3v) is 21.9. The zero-order valence-electron chi connectivity index (χ0n) is 68.3. The molecule has 0 fully saturated rings. The van der Waals surface area contributed by atoms with Gasteiger partial charge in [0, 0.05) is 25.7 Å². The number of rotatable bonds is 84. The highest BCUT2D eigenvalue weighted by atomic mass is 31.2. The van der Waals surface area contributed by atoms with E-state index in [1.54, 1.807) is 0 Å². The van der Waals surface area contributed by atoms with Crippen molar-refractivity contribution < 1.29 is 80.2 Å². The number of ether oxygens (including phenoxy) is 4. The van der Waals surface area contributed by atoms with Crippen LogP contribution in [0.3, 0.4) is 0 Å². The number of unbranched alkanes of at least 4 members (excludes halogenated alkanes) is 54. The van der Waals surface area contributed by atoms with Gasteiger partial charge in [0.15, 0.2) is 12.2 Å². The van der Waals surface area contributed by atoms with Crippen molar-refractivity contribution in [2.75, 3.05) is 39.6 Å². The van der Waals surface area contributed by atoms with Gasteiger partial charge < -0.3 is 33.8 Å². The Balaban J connectivity index is 5.19. The molecule has 0 aliphatic carbocycles. The van der Waals surface area contributed by atoms with E-state index >= 15 is 0 Å². The van der Waals surface area contributed by atoms with Crippen LogP contribution in [0.1, 0.15) is 452 Å². The van der Waals surface area contributed by atoms with Crippen LogP contribution in [0.4, 0.5) is 0 Å². The van der Waals surface area contributed by atoms with Crippen molar-refractivity contribution in [3.05, 3.63) is 0 Å². The Bertz CT molecular complexity index is 1990. The molecule has 0 heterocycles. The van der Waals surface area contributed by atoms with E-state index in [0.29, 0.717) is 31.6 Å². The average molecular weight is 1520 g/mol. The van der Waals surface area contributed by atoms with Crippen LogP contribution in [0.15, 0.2) is 0 Å². The summed E-state index contributed by atoms with van der Waals surface area (Å²) in [5, 5.41) is 10.7. The molecule has 0 spiro atoms. The van der Waals surface area contributed by atoms with E-state index in [2.05, 4.69) is 41.5 Å².